The Morgan fingerprint density at radius 3 is 2.94 bits per heavy atom. The van der Waals surface area contributed by atoms with E-state index in [-0.39, 0.29) is 0 Å². The molecule has 0 aromatic carbocycles. The SMILES string of the molecule is Cc1ccc(OCCc2cccnc2)c(C=O)n1. The van der Waals surface area contributed by atoms with E-state index in [4.69, 9.17) is 4.74 Å². The Hall–Kier alpha value is -2.23. The van der Waals surface area contributed by atoms with Crippen molar-refractivity contribution in [2.24, 2.45) is 0 Å². The molecular weight excluding hydrogens is 228 g/mol. The monoisotopic (exact) mass is 242 g/mol. The van der Waals surface area contributed by atoms with Gasteiger partial charge in [0.2, 0.25) is 0 Å². The predicted octanol–water partition coefficient (Wildman–Crippen LogP) is 2.22. The number of pyridine rings is 2. The molecule has 0 radical (unpaired) electrons. The maximum Gasteiger partial charge on any atom is 0.172 e. The van der Waals surface area contributed by atoms with Crippen molar-refractivity contribution in [1.82, 2.24) is 9.97 Å². The number of ether oxygens (including phenoxy) is 1. The van der Waals surface area contributed by atoms with E-state index in [9.17, 15) is 4.79 Å². The number of hydrogen-bond donors (Lipinski definition) is 0. The first kappa shape index (κ1) is 12.2. The third-order valence-corrected chi connectivity index (χ3v) is 2.51. The number of rotatable bonds is 5. The lowest BCUT2D eigenvalue weighted by Gasteiger charge is -2.08. The van der Waals surface area contributed by atoms with Crippen LogP contribution in [-0.4, -0.2) is 22.9 Å². The number of aryl methyl sites for hydroxylation is 1. The molecule has 0 aliphatic heterocycles. The van der Waals surface area contributed by atoms with Crippen molar-refractivity contribution in [3.05, 3.63) is 53.6 Å². The molecule has 0 amide bonds. The Kier molecular flexibility index (Phi) is 4.02. The summed E-state index contributed by atoms with van der Waals surface area (Å²) in [5.41, 5.74) is 2.25. The Balaban J connectivity index is 1.96. The van der Waals surface area contributed by atoms with Crippen molar-refractivity contribution in [1.29, 1.82) is 0 Å². The van der Waals surface area contributed by atoms with E-state index in [0.29, 0.717) is 24.3 Å². The van der Waals surface area contributed by atoms with Gasteiger partial charge in [-0.25, -0.2) is 4.98 Å². The maximum absolute atomic E-state index is 10.9. The van der Waals surface area contributed by atoms with Crippen LogP contribution in [0.5, 0.6) is 5.75 Å². The smallest absolute Gasteiger partial charge is 0.172 e. The Morgan fingerprint density at radius 2 is 2.22 bits per heavy atom. The molecule has 4 heteroatoms. The van der Waals surface area contributed by atoms with Crippen LogP contribution in [0, 0.1) is 6.92 Å². The molecular formula is C14H14N2O2. The van der Waals surface area contributed by atoms with Crippen LogP contribution < -0.4 is 4.74 Å². The summed E-state index contributed by atoms with van der Waals surface area (Å²) in [6, 6.07) is 7.48. The molecule has 2 rings (SSSR count). The number of carbonyl (C=O) groups excluding carboxylic acids is 1. The third kappa shape index (κ3) is 3.13. The van der Waals surface area contributed by atoms with Gasteiger partial charge in [0.05, 0.1) is 6.61 Å². The Morgan fingerprint density at radius 1 is 1.33 bits per heavy atom. The van der Waals surface area contributed by atoms with E-state index in [2.05, 4.69) is 9.97 Å². The second kappa shape index (κ2) is 5.91. The van der Waals surface area contributed by atoms with Gasteiger partial charge in [-0.05, 0) is 30.7 Å². The number of carbonyl (C=O) groups is 1. The van der Waals surface area contributed by atoms with Gasteiger partial charge < -0.3 is 4.74 Å². The fourth-order valence-electron chi connectivity index (χ4n) is 1.60. The quantitative estimate of drug-likeness (QED) is 0.754. The summed E-state index contributed by atoms with van der Waals surface area (Å²) in [7, 11) is 0. The molecule has 0 atom stereocenters. The molecule has 0 saturated heterocycles. The molecule has 0 saturated carbocycles. The minimum Gasteiger partial charge on any atom is -0.491 e. The first-order valence-corrected chi connectivity index (χ1v) is 5.74. The number of hydrogen-bond acceptors (Lipinski definition) is 4. The van der Waals surface area contributed by atoms with E-state index in [1.54, 1.807) is 18.5 Å². The summed E-state index contributed by atoms with van der Waals surface area (Å²) in [4.78, 5) is 19.0. The number of nitrogens with zero attached hydrogens (tertiary/aromatic N) is 2. The van der Waals surface area contributed by atoms with Crippen LogP contribution in [0.4, 0.5) is 0 Å². The number of aldehydes is 1. The molecule has 0 unspecified atom stereocenters. The van der Waals surface area contributed by atoms with E-state index < -0.39 is 0 Å². The minimum atomic E-state index is 0.348. The molecule has 0 bridgehead atoms. The molecule has 2 aromatic heterocycles. The van der Waals surface area contributed by atoms with E-state index in [1.807, 2.05) is 25.1 Å². The van der Waals surface area contributed by atoms with Gasteiger partial charge in [0.25, 0.3) is 0 Å². The van der Waals surface area contributed by atoms with Crippen molar-refractivity contribution >= 4 is 6.29 Å². The summed E-state index contributed by atoms with van der Waals surface area (Å²) in [6.07, 6.45) is 5.00. The molecule has 2 aromatic rings. The highest BCUT2D eigenvalue weighted by Crippen LogP contribution is 2.15. The molecule has 0 aliphatic carbocycles. The lowest BCUT2D eigenvalue weighted by Crippen LogP contribution is -2.05. The van der Waals surface area contributed by atoms with E-state index in [0.717, 1.165) is 17.7 Å². The van der Waals surface area contributed by atoms with Crippen molar-refractivity contribution < 1.29 is 9.53 Å². The first-order chi connectivity index (χ1) is 8.79. The van der Waals surface area contributed by atoms with Crippen molar-refractivity contribution in [2.75, 3.05) is 6.61 Å². The van der Waals surface area contributed by atoms with Crippen LogP contribution in [0.1, 0.15) is 21.7 Å². The van der Waals surface area contributed by atoms with Crippen molar-refractivity contribution in [2.45, 2.75) is 13.3 Å². The zero-order valence-electron chi connectivity index (χ0n) is 10.2. The zero-order chi connectivity index (χ0) is 12.8. The van der Waals surface area contributed by atoms with Crippen LogP contribution in [0.3, 0.4) is 0 Å². The van der Waals surface area contributed by atoms with Crippen molar-refractivity contribution in [3.63, 3.8) is 0 Å². The second-order valence-corrected chi connectivity index (χ2v) is 3.91. The lowest BCUT2D eigenvalue weighted by atomic mass is 10.2. The summed E-state index contributed by atoms with van der Waals surface area (Å²) >= 11 is 0. The first-order valence-electron chi connectivity index (χ1n) is 5.74. The fourth-order valence-corrected chi connectivity index (χ4v) is 1.60. The van der Waals surface area contributed by atoms with Gasteiger partial charge in [0, 0.05) is 24.5 Å². The molecule has 18 heavy (non-hydrogen) atoms. The molecule has 0 fully saturated rings. The van der Waals surface area contributed by atoms with Gasteiger partial charge in [0.1, 0.15) is 11.4 Å². The highest BCUT2D eigenvalue weighted by molar-refractivity contribution is 5.76. The van der Waals surface area contributed by atoms with E-state index >= 15 is 0 Å². The van der Waals surface area contributed by atoms with Gasteiger partial charge >= 0.3 is 0 Å². The van der Waals surface area contributed by atoms with Crippen LogP contribution in [0.25, 0.3) is 0 Å². The highest BCUT2D eigenvalue weighted by Gasteiger charge is 2.04. The normalized spacial score (nSPS) is 10.1. The summed E-state index contributed by atoms with van der Waals surface area (Å²) < 4.78 is 5.57. The molecule has 0 N–H and O–H groups in total. The van der Waals surface area contributed by atoms with Crippen LogP contribution in [0.2, 0.25) is 0 Å². The average molecular weight is 242 g/mol. The molecule has 0 spiro atoms. The van der Waals surface area contributed by atoms with Gasteiger partial charge in [-0.15, -0.1) is 0 Å². The second-order valence-electron chi connectivity index (χ2n) is 3.91. The van der Waals surface area contributed by atoms with Gasteiger partial charge in [-0.2, -0.15) is 0 Å². The Labute approximate surface area is 106 Å². The van der Waals surface area contributed by atoms with Gasteiger partial charge in [-0.1, -0.05) is 6.07 Å². The summed E-state index contributed by atoms with van der Waals surface area (Å²) in [6.45, 7) is 2.34. The Bertz CT molecular complexity index is 527. The van der Waals surface area contributed by atoms with Gasteiger partial charge in [0.15, 0.2) is 6.29 Å². The van der Waals surface area contributed by atoms with Crippen LogP contribution in [-0.2, 0) is 6.42 Å². The molecule has 4 nitrogen and oxygen atoms in total. The molecule has 92 valence electrons. The zero-order valence-corrected chi connectivity index (χ0v) is 10.2. The molecule has 2 heterocycles. The van der Waals surface area contributed by atoms with E-state index in [1.165, 1.54) is 0 Å². The third-order valence-electron chi connectivity index (χ3n) is 2.51. The van der Waals surface area contributed by atoms with Crippen LogP contribution in [0.15, 0.2) is 36.7 Å². The molecule has 0 aliphatic rings. The number of aromatic nitrogens is 2. The fraction of sp³-hybridized carbons (Fsp3) is 0.214. The predicted molar refractivity (Wildman–Crippen MR) is 67.8 cm³/mol. The minimum absolute atomic E-state index is 0.348. The van der Waals surface area contributed by atoms with Gasteiger partial charge in [-0.3, -0.25) is 9.78 Å². The van der Waals surface area contributed by atoms with Crippen molar-refractivity contribution in [3.8, 4) is 5.75 Å². The summed E-state index contributed by atoms with van der Waals surface area (Å²) in [5.74, 6) is 0.527. The average Bonchev–Trinajstić information content (AvgIpc) is 2.41. The standard InChI is InChI=1S/C14H14N2O2/c1-11-4-5-14(13(10-17)16-11)18-8-6-12-3-2-7-15-9-12/h2-5,7,9-10H,6,8H2,1H3. The summed E-state index contributed by atoms with van der Waals surface area (Å²) in [5, 5.41) is 0. The van der Waals surface area contributed by atoms with Crippen LogP contribution >= 0.6 is 0 Å². The topological polar surface area (TPSA) is 52.1 Å². The highest BCUT2D eigenvalue weighted by atomic mass is 16.5. The largest absolute Gasteiger partial charge is 0.491 e. The maximum atomic E-state index is 10.9. The lowest BCUT2D eigenvalue weighted by molar-refractivity contribution is 0.111.